The Hall–Kier alpha value is -2.55. The lowest BCUT2D eigenvalue weighted by molar-refractivity contribution is -0.627. The molecule has 0 radical (unpaired) electrons. The summed E-state index contributed by atoms with van der Waals surface area (Å²) >= 11 is 0. The first-order valence-electron chi connectivity index (χ1n) is 11.4. The molecule has 0 atom stereocenters. The van der Waals surface area contributed by atoms with Gasteiger partial charge in [-0.15, -0.1) is 0 Å². The number of pyridine rings is 1. The zero-order valence-corrected chi connectivity index (χ0v) is 19.7. The van der Waals surface area contributed by atoms with Crippen LogP contribution in [0.1, 0.15) is 54.4 Å². The highest BCUT2D eigenvalue weighted by Crippen LogP contribution is 2.31. The van der Waals surface area contributed by atoms with E-state index in [4.69, 9.17) is 1.37 Å². The molecule has 30 heavy (non-hydrogen) atoms. The predicted molar refractivity (Wildman–Crippen MR) is 130 cm³/mol. The van der Waals surface area contributed by atoms with Gasteiger partial charge in [0.2, 0.25) is 5.52 Å². The molecule has 0 unspecified atom stereocenters. The molecule has 0 saturated heterocycles. The third-order valence-corrected chi connectivity index (χ3v) is 6.52. The van der Waals surface area contributed by atoms with E-state index >= 15 is 0 Å². The van der Waals surface area contributed by atoms with Crippen molar-refractivity contribution >= 4 is 34.5 Å². The Bertz CT molecular complexity index is 1300. The minimum atomic E-state index is -0.682. The number of rotatable bonds is 2. The van der Waals surface area contributed by atoms with Gasteiger partial charge in [-0.2, -0.15) is 0 Å². The maximum Gasteiger partial charge on any atom is 0.399 e. The Morgan fingerprint density at radius 2 is 1.60 bits per heavy atom. The Balaban J connectivity index is 2.11. The van der Waals surface area contributed by atoms with E-state index in [1.807, 2.05) is 13.8 Å². The molecule has 1 aliphatic heterocycles. The molecule has 4 rings (SSSR count). The van der Waals surface area contributed by atoms with Gasteiger partial charge in [-0.1, -0.05) is 76.5 Å². The van der Waals surface area contributed by atoms with E-state index in [1.54, 1.807) is 0 Å². The van der Waals surface area contributed by atoms with Crippen LogP contribution in [-0.2, 0) is 7.05 Å². The highest BCUT2D eigenvalue weighted by Gasteiger charge is 2.40. The monoisotopic (exact) mass is 398 g/mol. The van der Waals surface area contributed by atoms with Crippen molar-refractivity contribution in [3.8, 4) is 0 Å². The molecule has 0 saturated carbocycles. The molecule has 0 spiro atoms. The summed E-state index contributed by atoms with van der Waals surface area (Å²) in [6.45, 7) is 13.2. The standard InChI is InChI=1S/C27H34BN2/c1-18(2)23-17-25(29(7)24-16-12-11-14-21(23)24)28-19(3)20-13-9-10-15-22(20)26(30(28)8)27(4,5)6/h9-18H,1-8H3/q+1/i18D. The molecule has 154 valence electrons. The number of para-hydroxylation sites is 1. The molecule has 2 heterocycles. The van der Waals surface area contributed by atoms with Crippen LogP contribution in [-0.4, -0.2) is 18.7 Å². The van der Waals surface area contributed by atoms with Gasteiger partial charge in [0, 0.05) is 30.0 Å². The molecule has 3 aromatic rings. The van der Waals surface area contributed by atoms with Crippen molar-refractivity contribution in [3.63, 3.8) is 0 Å². The summed E-state index contributed by atoms with van der Waals surface area (Å²) in [5, 5.41) is 3.82. The maximum atomic E-state index is 8.86. The Labute approximate surface area is 183 Å². The average Bonchev–Trinajstić information content (AvgIpc) is 2.68. The molecular weight excluding hydrogens is 363 g/mol. The summed E-state index contributed by atoms with van der Waals surface area (Å²) in [5.74, 6) is -0.682. The van der Waals surface area contributed by atoms with E-state index in [1.165, 1.54) is 32.7 Å². The van der Waals surface area contributed by atoms with Crippen LogP contribution in [0.4, 0.5) is 0 Å². The quantitative estimate of drug-likeness (QED) is 0.474. The van der Waals surface area contributed by atoms with Gasteiger partial charge in [0.25, 0.3) is 0 Å². The van der Waals surface area contributed by atoms with Crippen LogP contribution in [0.3, 0.4) is 0 Å². The summed E-state index contributed by atoms with van der Waals surface area (Å²) < 4.78 is 11.2. The second-order valence-electron chi connectivity index (χ2n) is 9.90. The van der Waals surface area contributed by atoms with Crippen molar-refractivity contribution < 1.29 is 5.94 Å². The summed E-state index contributed by atoms with van der Waals surface area (Å²) in [5.41, 5.74) is 6.20. The van der Waals surface area contributed by atoms with E-state index in [9.17, 15) is 0 Å². The fourth-order valence-electron chi connectivity index (χ4n) is 5.28. The Morgan fingerprint density at radius 1 is 1.00 bits per heavy atom. The fraction of sp³-hybridized carbons (Fsp3) is 0.370. The maximum absolute atomic E-state index is 8.86. The van der Waals surface area contributed by atoms with Crippen LogP contribution in [0.5, 0.6) is 0 Å². The molecular formula is C27H34BN2+. The molecule has 1 aliphatic rings. The highest BCUT2D eigenvalue weighted by molar-refractivity contribution is 6.86. The van der Waals surface area contributed by atoms with Gasteiger partial charge < -0.3 is 4.81 Å². The van der Waals surface area contributed by atoms with E-state index in [0.717, 1.165) is 10.9 Å². The van der Waals surface area contributed by atoms with E-state index < -0.39 is 5.89 Å². The highest BCUT2D eigenvalue weighted by atomic mass is 15.1. The van der Waals surface area contributed by atoms with E-state index in [2.05, 4.69) is 106 Å². The van der Waals surface area contributed by atoms with Crippen LogP contribution in [0.15, 0.2) is 54.6 Å². The summed E-state index contributed by atoms with van der Waals surface area (Å²) in [6, 6.07) is 19.6. The first-order valence-corrected chi connectivity index (χ1v) is 10.9. The molecule has 0 amide bonds. The predicted octanol–water partition coefficient (Wildman–Crippen LogP) is 3.50. The fourth-order valence-corrected chi connectivity index (χ4v) is 5.28. The van der Waals surface area contributed by atoms with Gasteiger partial charge in [-0.3, -0.25) is 0 Å². The van der Waals surface area contributed by atoms with E-state index in [-0.39, 0.29) is 12.3 Å². The SMILES string of the molecule is [2H]C(C)(C)c1cc(B2C(C)=c3ccccc3=C(C(C)(C)C)N2C)[n+](C)c2ccccc12. The first kappa shape index (κ1) is 19.4. The summed E-state index contributed by atoms with van der Waals surface area (Å²) in [4.78, 5) is 2.46. The van der Waals surface area contributed by atoms with Crippen molar-refractivity contribution in [1.29, 1.82) is 0 Å². The lowest BCUT2D eigenvalue weighted by atomic mass is 9.48. The summed E-state index contributed by atoms with van der Waals surface area (Å²) in [7, 11) is 4.39. The van der Waals surface area contributed by atoms with Crippen molar-refractivity contribution in [2.45, 2.75) is 47.4 Å². The number of hydrogen-bond donors (Lipinski definition) is 0. The molecule has 1 aromatic heterocycles. The van der Waals surface area contributed by atoms with Crippen molar-refractivity contribution in [2.24, 2.45) is 12.5 Å². The molecule has 0 N–H and O–H groups in total. The normalized spacial score (nSPS) is 15.5. The number of hydrogen-bond acceptors (Lipinski definition) is 1. The molecule has 2 aromatic carbocycles. The lowest BCUT2D eigenvalue weighted by Gasteiger charge is -2.39. The summed E-state index contributed by atoms with van der Waals surface area (Å²) in [6.07, 6.45) is 0. The van der Waals surface area contributed by atoms with Gasteiger partial charge in [0.05, 0.1) is 0 Å². The number of nitrogens with zero attached hydrogens (tertiary/aromatic N) is 2. The Kier molecular flexibility index (Phi) is 4.73. The van der Waals surface area contributed by atoms with Crippen LogP contribution < -0.4 is 20.6 Å². The van der Waals surface area contributed by atoms with E-state index in [0.29, 0.717) is 0 Å². The zero-order chi connectivity index (χ0) is 22.7. The average molecular weight is 398 g/mol. The number of fused-ring (bicyclic) bond motifs is 2. The van der Waals surface area contributed by atoms with Crippen molar-refractivity contribution in [2.75, 3.05) is 7.05 Å². The minimum Gasteiger partial charge on any atom is -0.407 e. The van der Waals surface area contributed by atoms with Crippen LogP contribution in [0, 0.1) is 5.41 Å². The smallest absolute Gasteiger partial charge is 0.399 e. The molecule has 0 aliphatic carbocycles. The molecule has 3 heteroatoms. The topological polar surface area (TPSA) is 7.12 Å². The van der Waals surface area contributed by atoms with Crippen LogP contribution in [0.25, 0.3) is 22.1 Å². The lowest BCUT2D eigenvalue weighted by Crippen LogP contribution is -2.65. The van der Waals surface area contributed by atoms with Gasteiger partial charge in [-0.05, 0) is 41.9 Å². The van der Waals surface area contributed by atoms with Gasteiger partial charge in [0.1, 0.15) is 7.05 Å². The zero-order valence-electron chi connectivity index (χ0n) is 20.7. The molecule has 0 bridgehead atoms. The molecule has 0 fully saturated rings. The second-order valence-corrected chi connectivity index (χ2v) is 9.90. The van der Waals surface area contributed by atoms with Crippen molar-refractivity contribution in [3.05, 3.63) is 70.6 Å². The largest absolute Gasteiger partial charge is 0.407 e. The van der Waals surface area contributed by atoms with Gasteiger partial charge >= 0.3 is 6.85 Å². The van der Waals surface area contributed by atoms with Gasteiger partial charge in [0.15, 0.2) is 5.59 Å². The third-order valence-electron chi connectivity index (χ3n) is 6.52. The van der Waals surface area contributed by atoms with Gasteiger partial charge in [-0.25, -0.2) is 4.57 Å². The Morgan fingerprint density at radius 3 is 2.23 bits per heavy atom. The minimum absolute atomic E-state index is 0.0107. The van der Waals surface area contributed by atoms with Crippen molar-refractivity contribution in [1.82, 2.24) is 4.81 Å². The molecule has 2 nitrogen and oxygen atoms in total. The number of benzene rings is 2. The second kappa shape index (κ2) is 7.30. The van der Waals surface area contributed by atoms with Crippen LogP contribution >= 0.6 is 0 Å². The first-order chi connectivity index (χ1) is 14.4. The number of aromatic nitrogens is 1. The van der Waals surface area contributed by atoms with Crippen LogP contribution in [0.2, 0.25) is 0 Å². The third kappa shape index (κ3) is 3.16. The number of aryl methyl sites for hydroxylation is 1.